The molecule has 0 aromatic heterocycles. The van der Waals surface area contributed by atoms with Crippen molar-refractivity contribution in [2.24, 2.45) is 0 Å². The van der Waals surface area contributed by atoms with Crippen LogP contribution >= 0.6 is 27.5 Å². The van der Waals surface area contributed by atoms with Crippen molar-refractivity contribution >= 4 is 43.2 Å². The fourth-order valence-electron chi connectivity index (χ4n) is 0.988. The van der Waals surface area contributed by atoms with E-state index in [1.54, 1.807) is 6.07 Å². The Morgan fingerprint density at radius 2 is 2.19 bits per heavy atom. The van der Waals surface area contributed by atoms with Crippen molar-refractivity contribution < 1.29 is 8.42 Å². The molecule has 0 bridgehead atoms. The zero-order valence-electron chi connectivity index (χ0n) is 8.07. The number of rotatable bonds is 4. The zero-order valence-corrected chi connectivity index (χ0v) is 11.2. The monoisotopic (exact) mass is 322 g/mol. The third-order valence-corrected chi connectivity index (χ3v) is 4.05. The van der Waals surface area contributed by atoms with Gasteiger partial charge in [-0.2, -0.15) is 5.26 Å². The fourth-order valence-corrected chi connectivity index (χ4v) is 3.02. The van der Waals surface area contributed by atoms with Gasteiger partial charge in [-0.1, -0.05) is 0 Å². The maximum absolute atomic E-state index is 11.4. The van der Waals surface area contributed by atoms with Crippen LogP contribution in [0.5, 0.6) is 0 Å². The highest BCUT2D eigenvalue weighted by molar-refractivity contribution is 9.10. The molecule has 0 saturated heterocycles. The van der Waals surface area contributed by atoms with Crippen LogP contribution in [0, 0.1) is 11.3 Å². The first kappa shape index (κ1) is 13.3. The van der Waals surface area contributed by atoms with E-state index in [1.165, 1.54) is 12.1 Å². The van der Waals surface area contributed by atoms with Crippen LogP contribution in [0.4, 0.5) is 5.69 Å². The largest absolute Gasteiger partial charge is 0.282 e. The molecule has 0 radical (unpaired) electrons. The molecule has 0 aliphatic carbocycles. The van der Waals surface area contributed by atoms with Crippen LogP contribution in [0.3, 0.4) is 0 Å². The summed E-state index contributed by atoms with van der Waals surface area (Å²) in [6.45, 7) is 0. The van der Waals surface area contributed by atoms with Crippen LogP contribution in [-0.2, 0) is 10.0 Å². The standard InChI is InChI=1S/C9H8BrClN2O2S/c10-8-5-7(6-12)1-2-9(8)13-16(14,15)4-3-11/h1-2,5,13H,3-4H2. The van der Waals surface area contributed by atoms with Crippen LogP contribution in [0.15, 0.2) is 22.7 Å². The Morgan fingerprint density at radius 3 is 2.69 bits per heavy atom. The molecule has 7 heteroatoms. The first-order valence-corrected chi connectivity index (χ1v) is 7.22. The predicted molar refractivity (Wildman–Crippen MR) is 67.0 cm³/mol. The third kappa shape index (κ3) is 3.67. The number of nitriles is 1. The summed E-state index contributed by atoms with van der Waals surface area (Å²) in [7, 11) is -3.42. The lowest BCUT2D eigenvalue weighted by Gasteiger charge is -2.08. The Labute approximate surface area is 107 Å². The smallest absolute Gasteiger partial charge is 0.233 e. The van der Waals surface area contributed by atoms with Crippen LogP contribution in [-0.4, -0.2) is 20.1 Å². The highest BCUT2D eigenvalue weighted by Crippen LogP contribution is 2.24. The van der Waals surface area contributed by atoms with E-state index in [4.69, 9.17) is 16.9 Å². The van der Waals surface area contributed by atoms with Crippen LogP contribution in [0.2, 0.25) is 0 Å². The van der Waals surface area contributed by atoms with E-state index in [9.17, 15) is 8.42 Å². The van der Waals surface area contributed by atoms with Gasteiger partial charge in [0.1, 0.15) is 0 Å². The van der Waals surface area contributed by atoms with Gasteiger partial charge in [0.05, 0.1) is 23.1 Å². The fraction of sp³-hybridized carbons (Fsp3) is 0.222. The van der Waals surface area contributed by atoms with Crippen molar-refractivity contribution in [2.75, 3.05) is 16.4 Å². The maximum atomic E-state index is 11.4. The second-order valence-corrected chi connectivity index (χ2v) is 5.99. The summed E-state index contributed by atoms with van der Waals surface area (Å²) in [6.07, 6.45) is 0. The summed E-state index contributed by atoms with van der Waals surface area (Å²) in [5, 5.41) is 8.64. The Balaban J connectivity index is 2.96. The van der Waals surface area contributed by atoms with Crippen molar-refractivity contribution in [3.63, 3.8) is 0 Å². The Bertz CT molecular complexity index is 525. The van der Waals surface area contributed by atoms with E-state index < -0.39 is 10.0 Å². The van der Waals surface area contributed by atoms with Crippen molar-refractivity contribution in [3.05, 3.63) is 28.2 Å². The molecule has 0 aliphatic heterocycles. The number of hydrogen-bond acceptors (Lipinski definition) is 3. The summed E-state index contributed by atoms with van der Waals surface area (Å²) < 4.78 is 25.7. The lowest BCUT2D eigenvalue weighted by atomic mass is 10.2. The van der Waals surface area contributed by atoms with Gasteiger partial charge in [0.25, 0.3) is 0 Å². The quantitative estimate of drug-likeness (QED) is 0.864. The minimum absolute atomic E-state index is 0.0310. The van der Waals surface area contributed by atoms with Crippen molar-refractivity contribution in [2.45, 2.75) is 0 Å². The molecule has 0 amide bonds. The number of anilines is 1. The van der Waals surface area contributed by atoms with Gasteiger partial charge < -0.3 is 0 Å². The van der Waals surface area contributed by atoms with E-state index in [-0.39, 0.29) is 11.6 Å². The van der Waals surface area contributed by atoms with E-state index in [0.717, 1.165) is 0 Å². The normalized spacial score (nSPS) is 10.8. The second-order valence-electron chi connectivity index (χ2n) is 2.92. The van der Waals surface area contributed by atoms with Crippen molar-refractivity contribution in [3.8, 4) is 6.07 Å². The number of hydrogen-bond donors (Lipinski definition) is 1. The van der Waals surface area contributed by atoms with Gasteiger partial charge in [0, 0.05) is 10.4 Å². The first-order chi connectivity index (χ1) is 7.48. The molecule has 0 saturated carbocycles. The average molecular weight is 324 g/mol. The summed E-state index contributed by atoms with van der Waals surface area (Å²) >= 11 is 8.55. The predicted octanol–water partition coefficient (Wildman–Crippen LogP) is 2.30. The lowest BCUT2D eigenvalue weighted by molar-refractivity contribution is 0.602. The highest BCUT2D eigenvalue weighted by Gasteiger charge is 2.11. The van der Waals surface area contributed by atoms with Crippen molar-refractivity contribution in [1.82, 2.24) is 0 Å². The van der Waals surface area contributed by atoms with Gasteiger partial charge in [-0.25, -0.2) is 8.42 Å². The van der Waals surface area contributed by atoms with Gasteiger partial charge in [0.2, 0.25) is 10.0 Å². The molecule has 1 N–H and O–H groups in total. The van der Waals surface area contributed by atoms with E-state index in [2.05, 4.69) is 20.7 Å². The number of alkyl halides is 1. The van der Waals surface area contributed by atoms with Gasteiger partial charge >= 0.3 is 0 Å². The molecule has 1 aromatic rings. The molecule has 0 heterocycles. The lowest BCUT2D eigenvalue weighted by Crippen LogP contribution is -2.17. The van der Waals surface area contributed by atoms with Gasteiger partial charge in [-0.3, -0.25) is 4.72 Å². The van der Waals surface area contributed by atoms with Crippen LogP contribution in [0.1, 0.15) is 5.56 Å². The molecule has 0 spiro atoms. The Kier molecular flexibility index (Phi) is 4.59. The average Bonchev–Trinajstić information content (AvgIpc) is 2.20. The number of benzene rings is 1. The first-order valence-electron chi connectivity index (χ1n) is 4.24. The molecular formula is C9H8BrClN2O2S. The molecule has 1 aromatic carbocycles. The topological polar surface area (TPSA) is 70.0 Å². The van der Waals surface area contributed by atoms with Crippen LogP contribution < -0.4 is 4.72 Å². The zero-order chi connectivity index (χ0) is 12.2. The van der Waals surface area contributed by atoms with Gasteiger partial charge in [0.15, 0.2) is 0 Å². The summed E-state index contributed by atoms with van der Waals surface area (Å²) in [6, 6.07) is 6.55. The van der Waals surface area contributed by atoms with E-state index >= 15 is 0 Å². The molecule has 1 rings (SSSR count). The molecule has 16 heavy (non-hydrogen) atoms. The molecular weight excluding hydrogens is 316 g/mol. The third-order valence-electron chi connectivity index (χ3n) is 1.71. The number of sulfonamides is 1. The minimum Gasteiger partial charge on any atom is -0.282 e. The van der Waals surface area contributed by atoms with Crippen molar-refractivity contribution in [1.29, 1.82) is 5.26 Å². The van der Waals surface area contributed by atoms with Crippen LogP contribution in [0.25, 0.3) is 0 Å². The maximum Gasteiger partial charge on any atom is 0.233 e. The summed E-state index contributed by atoms with van der Waals surface area (Å²) in [5.74, 6) is -0.121. The second kappa shape index (κ2) is 5.53. The molecule has 0 atom stereocenters. The molecule has 0 unspecified atom stereocenters. The van der Waals surface area contributed by atoms with Gasteiger partial charge in [-0.15, -0.1) is 11.6 Å². The molecule has 86 valence electrons. The SMILES string of the molecule is N#Cc1ccc(NS(=O)(=O)CCCl)c(Br)c1. The molecule has 0 aliphatic rings. The molecule has 4 nitrogen and oxygen atoms in total. The minimum atomic E-state index is -3.42. The summed E-state index contributed by atoms with van der Waals surface area (Å²) in [5.41, 5.74) is 0.844. The Morgan fingerprint density at radius 1 is 1.50 bits per heavy atom. The summed E-state index contributed by atoms with van der Waals surface area (Å²) in [4.78, 5) is 0. The van der Waals surface area contributed by atoms with E-state index in [0.29, 0.717) is 15.7 Å². The highest BCUT2D eigenvalue weighted by atomic mass is 79.9. The number of nitrogens with zero attached hydrogens (tertiary/aromatic N) is 1. The Hall–Kier alpha value is -0.770. The number of halogens is 2. The number of nitrogens with one attached hydrogen (secondary N) is 1. The molecule has 0 fully saturated rings. The van der Waals surface area contributed by atoms with E-state index in [1.807, 2.05) is 6.07 Å². The van der Waals surface area contributed by atoms with Gasteiger partial charge in [-0.05, 0) is 34.1 Å².